The fourth-order valence-corrected chi connectivity index (χ4v) is 5.22. The Balaban J connectivity index is 1.52. The van der Waals surface area contributed by atoms with Crippen LogP contribution in [0.1, 0.15) is 50.4 Å². The highest BCUT2D eigenvalue weighted by Crippen LogP contribution is 2.24. The Bertz CT molecular complexity index is 1080. The van der Waals surface area contributed by atoms with Crippen LogP contribution in [0.3, 0.4) is 0 Å². The van der Waals surface area contributed by atoms with Crippen molar-refractivity contribution in [1.29, 1.82) is 0 Å². The lowest BCUT2D eigenvalue weighted by Crippen LogP contribution is -2.37. The van der Waals surface area contributed by atoms with E-state index in [9.17, 15) is 13.2 Å². The summed E-state index contributed by atoms with van der Waals surface area (Å²) < 4.78 is 32.9. The highest BCUT2D eigenvalue weighted by Gasteiger charge is 2.27. The summed E-state index contributed by atoms with van der Waals surface area (Å²) in [6.45, 7) is 8.15. The summed E-state index contributed by atoms with van der Waals surface area (Å²) in [6, 6.07) is 13.3. The largest absolute Gasteiger partial charge is 0.494 e. The van der Waals surface area contributed by atoms with E-state index in [2.05, 4.69) is 31.4 Å². The van der Waals surface area contributed by atoms with Crippen LogP contribution >= 0.6 is 12.2 Å². The molecule has 2 aromatic rings. The number of nitrogens with zero attached hydrogens (tertiary/aromatic N) is 1. The standard InChI is InChI=1S/C25H33N3O4S2/c1-18(2)14-17-32-22-8-4-20(5-9-22)24(29)27-25(33)26-21-6-10-23(11-7-21)34(30,31)28-15-12-19(3)13-16-28/h4-11,18-19H,12-17H2,1-3H3,(H2,26,27,29,33). The summed E-state index contributed by atoms with van der Waals surface area (Å²) in [5.74, 6) is 1.49. The van der Waals surface area contributed by atoms with E-state index in [1.807, 2.05) is 0 Å². The molecular formula is C25H33N3O4S2. The Hall–Kier alpha value is -2.49. The predicted molar refractivity (Wildman–Crippen MR) is 139 cm³/mol. The summed E-state index contributed by atoms with van der Waals surface area (Å²) in [7, 11) is -3.51. The third-order valence-electron chi connectivity index (χ3n) is 5.80. The van der Waals surface area contributed by atoms with Gasteiger partial charge in [0.2, 0.25) is 10.0 Å². The lowest BCUT2D eigenvalue weighted by Gasteiger charge is -2.29. The minimum Gasteiger partial charge on any atom is -0.494 e. The molecule has 2 N–H and O–H groups in total. The van der Waals surface area contributed by atoms with E-state index in [-0.39, 0.29) is 15.9 Å². The SMILES string of the molecule is CC(C)CCOc1ccc(C(=O)NC(=S)Nc2ccc(S(=O)(=O)N3CCC(C)CC3)cc2)cc1. The molecule has 184 valence electrons. The molecule has 0 radical (unpaired) electrons. The number of rotatable bonds is 8. The van der Waals surface area contributed by atoms with Gasteiger partial charge < -0.3 is 10.1 Å². The van der Waals surface area contributed by atoms with E-state index < -0.39 is 10.0 Å². The highest BCUT2D eigenvalue weighted by atomic mass is 32.2. The van der Waals surface area contributed by atoms with Crippen LogP contribution in [-0.2, 0) is 10.0 Å². The van der Waals surface area contributed by atoms with Crippen LogP contribution in [0.25, 0.3) is 0 Å². The van der Waals surface area contributed by atoms with Crippen LogP contribution in [0.15, 0.2) is 53.4 Å². The smallest absolute Gasteiger partial charge is 0.257 e. The van der Waals surface area contributed by atoms with E-state index in [1.54, 1.807) is 52.8 Å². The average Bonchev–Trinajstić information content (AvgIpc) is 2.80. The predicted octanol–water partition coefficient (Wildman–Crippen LogP) is 4.66. The molecule has 3 rings (SSSR count). The number of nitrogens with one attached hydrogen (secondary N) is 2. The van der Waals surface area contributed by atoms with E-state index in [4.69, 9.17) is 17.0 Å². The van der Waals surface area contributed by atoms with Gasteiger partial charge in [0.05, 0.1) is 11.5 Å². The summed E-state index contributed by atoms with van der Waals surface area (Å²) in [6.07, 6.45) is 2.72. The van der Waals surface area contributed by atoms with Crippen LogP contribution < -0.4 is 15.4 Å². The van der Waals surface area contributed by atoms with Gasteiger partial charge in [0.25, 0.3) is 5.91 Å². The minimum atomic E-state index is -3.51. The van der Waals surface area contributed by atoms with Gasteiger partial charge in [-0.05, 0) is 91.8 Å². The van der Waals surface area contributed by atoms with E-state index in [0.29, 0.717) is 48.5 Å². The number of hydrogen-bond acceptors (Lipinski definition) is 5. The highest BCUT2D eigenvalue weighted by molar-refractivity contribution is 7.89. The maximum absolute atomic E-state index is 12.9. The first-order chi connectivity index (χ1) is 16.1. The average molecular weight is 504 g/mol. The zero-order valence-corrected chi connectivity index (χ0v) is 21.5. The maximum Gasteiger partial charge on any atom is 0.257 e. The minimum absolute atomic E-state index is 0.128. The molecule has 1 heterocycles. The molecular weight excluding hydrogens is 470 g/mol. The molecule has 0 atom stereocenters. The number of ether oxygens (including phenoxy) is 1. The zero-order chi connectivity index (χ0) is 24.7. The number of piperidine rings is 1. The van der Waals surface area contributed by atoms with Gasteiger partial charge in [-0.2, -0.15) is 4.31 Å². The molecule has 34 heavy (non-hydrogen) atoms. The molecule has 0 aromatic heterocycles. The van der Waals surface area contributed by atoms with Crippen molar-refractivity contribution >= 4 is 38.9 Å². The Morgan fingerprint density at radius 3 is 2.29 bits per heavy atom. The van der Waals surface area contributed by atoms with Crippen LogP contribution in [0, 0.1) is 11.8 Å². The molecule has 1 aliphatic heterocycles. The first-order valence-corrected chi connectivity index (χ1v) is 13.5. The number of thiocarbonyl (C=S) groups is 1. The van der Waals surface area contributed by atoms with Gasteiger partial charge in [0.1, 0.15) is 5.75 Å². The van der Waals surface area contributed by atoms with Crippen molar-refractivity contribution in [3.63, 3.8) is 0 Å². The number of carbonyl (C=O) groups is 1. The lowest BCUT2D eigenvalue weighted by molar-refractivity contribution is 0.0977. The van der Waals surface area contributed by atoms with Gasteiger partial charge in [-0.15, -0.1) is 0 Å². The van der Waals surface area contributed by atoms with Crippen molar-refractivity contribution in [1.82, 2.24) is 9.62 Å². The summed E-state index contributed by atoms with van der Waals surface area (Å²) in [4.78, 5) is 12.7. The molecule has 0 aliphatic carbocycles. The maximum atomic E-state index is 12.9. The molecule has 0 saturated carbocycles. The van der Waals surface area contributed by atoms with E-state index >= 15 is 0 Å². The molecule has 0 spiro atoms. The third kappa shape index (κ3) is 7.25. The Labute approximate surface area is 207 Å². The zero-order valence-electron chi connectivity index (χ0n) is 19.9. The number of anilines is 1. The Morgan fingerprint density at radius 1 is 1.09 bits per heavy atom. The molecule has 1 fully saturated rings. The number of hydrogen-bond donors (Lipinski definition) is 2. The van der Waals surface area contributed by atoms with Crippen molar-refractivity contribution in [2.75, 3.05) is 25.0 Å². The molecule has 1 aliphatic rings. The third-order valence-corrected chi connectivity index (χ3v) is 7.92. The number of sulfonamides is 1. The molecule has 2 aromatic carbocycles. The van der Waals surface area contributed by atoms with Crippen molar-refractivity contribution in [3.05, 3.63) is 54.1 Å². The Morgan fingerprint density at radius 2 is 1.71 bits per heavy atom. The lowest BCUT2D eigenvalue weighted by atomic mass is 10.0. The van der Waals surface area contributed by atoms with Crippen molar-refractivity contribution in [2.24, 2.45) is 11.8 Å². The van der Waals surface area contributed by atoms with Gasteiger partial charge in [-0.3, -0.25) is 10.1 Å². The summed E-state index contributed by atoms with van der Waals surface area (Å²) in [5, 5.41) is 5.69. The van der Waals surface area contributed by atoms with Gasteiger partial charge in [0.15, 0.2) is 5.11 Å². The number of carbonyl (C=O) groups excluding carboxylic acids is 1. The van der Waals surface area contributed by atoms with E-state index in [0.717, 1.165) is 19.3 Å². The molecule has 0 bridgehead atoms. The fraction of sp³-hybridized carbons (Fsp3) is 0.440. The van der Waals surface area contributed by atoms with E-state index in [1.165, 1.54) is 0 Å². The van der Waals surface area contributed by atoms with Crippen LogP contribution in [0.5, 0.6) is 5.75 Å². The number of amides is 1. The molecule has 1 amide bonds. The van der Waals surface area contributed by atoms with Crippen LogP contribution in [0.2, 0.25) is 0 Å². The second kappa shape index (κ2) is 11.8. The van der Waals surface area contributed by atoms with Gasteiger partial charge >= 0.3 is 0 Å². The summed E-state index contributed by atoms with van der Waals surface area (Å²) in [5.41, 5.74) is 1.04. The van der Waals surface area contributed by atoms with Crippen LogP contribution in [0.4, 0.5) is 5.69 Å². The first-order valence-electron chi connectivity index (χ1n) is 11.6. The number of benzene rings is 2. The first kappa shape index (κ1) is 26.1. The normalized spacial score (nSPS) is 15.2. The van der Waals surface area contributed by atoms with Gasteiger partial charge in [0, 0.05) is 24.3 Å². The quantitative estimate of drug-likeness (QED) is 0.510. The van der Waals surface area contributed by atoms with Gasteiger partial charge in [-0.25, -0.2) is 8.42 Å². The van der Waals surface area contributed by atoms with Crippen LogP contribution in [-0.4, -0.2) is 43.4 Å². The molecule has 9 heteroatoms. The summed E-state index contributed by atoms with van der Waals surface area (Å²) >= 11 is 5.25. The molecule has 1 saturated heterocycles. The Kier molecular flexibility index (Phi) is 9.04. The molecule has 7 nitrogen and oxygen atoms in total. The van der Waals surface area contributed by atoms with Crippen molar-refractivity contribution in [3.8, 4) is 5.75 Å². The van der Waals surface area contributed by atoms with Crippen molar-refractivity contribution < 1.29 is 17.9 Å². The second-order valence-corrected chi connectivity index (χ2v) is 11.4. The van der Waals surface area contributed by atoms with Gasteiger partial charge in [-0.1, -0.05) is 20.8 Å². The van der Waals surface area contributed by atoms with Crippen molar-refractivity contribution in [2.45, 2.75) is 44.9 Å². The topological polar surface area (TPSA) is 87.7 Å². The second-order valence-electron chi connectivity index (χ2n) is 9.07. The fourth-order valence-electron chi connectivity index (χ4n) is 3.54. The monoisotopic (exact) mass is 503 g/mol. The molecule has 0 unspecified atom stereocenters.